The molecule has 0 spiro atoms. The van der Waals surface area contributed by atoms with Crippen LogP contribution in [0.4, 0.5) is 9.93 Å². The third-order valence-corrected chi connectivity index (χ3v) is 10.5. The monoisotopic (exact) mass is 608 g/mol. The van der Waals surface area contributed by atoms with Crippen LogP contribution in [0.3, 0.4) is 0 Å². The van der Waals surface area contributed by atoms with Gasteiger partial charge in [-0.3, -0.25) is 5.32 Å². The highest BCUT2D eigenvalue weighted by Gasteiger charge is 2.44. The Morgan fingerprint density at radius 3 is 2.55 bits per heavy atom. The number of aromatic nitrogens is 6. The minimum atomic E-state index is -3.86. The summed E-state index contributed by atoms with van der Waals surface area (Å²) in [6.45, 7) is 2.88. The van der Waals surface area contributed by atoms with Gasteiger partial charge in [0.2, 0.25) is 5.13 Å². The van der Waals surface area contributed by atoms with E-state index in [1.807, 2.05) is 0 Å². The van der Waals surface area contributed by atoms with Crippen LogP contribution < -0.4 is 10.1 Å². The first-order chi connectivity index (χ1) is 20.2. The molecule has 15 heteroatoms. The summed E-state index contributed by atoms with van der Waals surface area (Å²) in [5.41, 5.74) is 1.65. The van der Waals surface area contributed by atoms with Crippen LogP contribution >= 0.6 is 11.5 Å². The number of likely N-dealkylation sites (tertiary alicyclic amines) is 1. The van der Waals surface area contributed by atoms with E-state index in [1.54, 1.807) is 54.4 Å². The summed E-state index contributed by atoms with van der Waals surface area (Å²) in [4.78, 5) is 28.2. The summed E-state index contributed by atoms with van der Waals surface area (Å²) in [5.74, 6) is 1.05. The summed E-state index contributed by atoms with van der Waals surface area (Å²) in [7, 11) is -2.39. The first-order valence-electron chi connectivity index (χ1n) is 13.5. The van der Waals surface area contributed by atoms with Crippen LogP contribution in [-0.4, -0.2) is 72.5 Å². The van der Waals surface area contributed by atoms with Crippen LogP contribution in [0.5, 0.6) is 6.01 Å². The van der Waals surface area contributed by atoms with Gasteiger partial charge in [-0.25, -0.2) is 27.2 Å². The number of nitrogens with one attached hydrogen (secondary N) is 1. The van der Waals surface area contributed by atoms with Gasteiger partial charge in [0.25, 0.3) is 10.0 Å². The fourth-order valence-electron chi connectivity index (χ4n) is 6.39. The fraction of sp³-hybridized carbons (Fsp3) is 0.370. The number of carbonyl (C=O) groups is 1. The van der Waals surface area contributed by atoms with E-state index in [4.69, 9.17) is 9.72 Å². The zero-order valence-corrected chi connectivity index (χ0v) is 24.4. The second kappa shape index (κ2) is 10.0. The lowest BCUT2D eigenvalue weighted by Gasteiger charge is -2.22. The molecule has 42 heavy (non-hydrogen) atoms. The number of benzene rings is 1. The van der Waals surface area contributed by atoms with Gasteiger partial charge >= 0.3 is 12.0 Å². The van der Waals surface area contributed by atoms with Gasteiger partial charge in [-0.2, -0.15) is 4.98 Å². The van der Waals surface area contributed by atoms with Gasteiger partial charge in [0.1, 0.15) is 17.4 Å². The lowest BCUT2D eigenvalue weighted by Crippen LogP contribution is -2.34. The zero-order valence-electron chi connectivity index (χ0n) is 22.8. The van der Waals surface area contributed by atoms with Gasteiger partial charge in [-0.15, -0.1) is 4.37 Å². The Morgan fingerprint density at radius 1 is 1.14 bits per heavy atom. The fourth-order valence-corrected chi connectivity index (χ4v) is 8.24. The van der Waals surface area contributed by atoms with Crippen molar-refractivity contribution < 1.29 is 23.1 Å². The molecule has 4 aromatic heterocycles. The standard InChI is InChI=1S/C27H28N8O5S2/c1-15(36)23-29-21-12-28-24-20(8-9-34(24)42(38,39)19-6-4-3-5-7-19)22(21)35(23)18-10-16-13-33(14-17(16)11-18)27(37)31-26-30-25(40-2)32-41-26/h3-9,12,15-18,36H,10-11,13-14H2,1-2H3,(H,30,31,32,37)/t15-,16+,17?,18-/m1/s1. The molecule has 218 valence electrons. The highest BCUT2D eigenvalue weighted by molar-refractivity contribution is 7.90. The zero-order chi connectivity index (χ0) is 29.2. The lowest BCUT2D eigenvalue weighted by atomic mass is 10.0. The number of carbonyl (C=O) groups excluding carboxylic acids is 1. The second-order valence-corrected chi connectivity index (χ2v) is 13.3. The number of hydrogen-bond donors (Lipinski definition) is 2. The van der Waals surface area contributed by atoms with Crippen LogP contribution in [0.2, 0.25) is 0 Å². The van der Waals surface area contributed by atoms with E-state index >= 15 is 0 Å². The topological polar surface area (TPSA) is 157 Å². The third kappa shape index (κ3) is 4.30. The van der Waals surface area contributed by atoms with Gasteiger partial charge in [-0.1, -0.05) is 18.2 Å². The number of anilines is 1. The van der Waals surface area contributed by atoms with Gasteiger partial charge in [0, 0.05) is 42.2 Å². The first kappa shape index (κ1) is 26.8. The van der Waals surface area contributed by atoms with Crippen molar-refractivity contribution >= 4 is 54.8 Å². The molecule has 0 radical (unpaired) electrons. The van der Waals surface area contributed by atoms with E-state index in [2.05, 4.69) is 24.2 Å². The smallest absolute Gasteiger partial charge is 0.329 e. The third-order valence-electron chi connectivity index (χ3n) is 8.21. The molecule has 13 nitrogen and oxygen atoms in total. The Kier molecular flexibility index (Phi) is 6.40. The molecule has 1 unspecified atom stereocenters. The molecule has 4 atom stereocenters. The number of aliphatic hydroxyl groups is 1. The number of amides is 2. The Bertz CT molecular complexity index is 1900. The molecule has 5 heterocycles. The van der Waals surface area contributed by atoms with Crippen molar-refractivity contribution in [3.05, 3.63) is 54.6 Å². The number of nitrogens with zero attached hydrogens (tertiary/aromatic N) is 7. The normalized spacial score (nSPS) is 21.2. The van der Waals surface area contributed by atoms with Crippen LogP contribution in [-0.2, 0) is 10.0 Å². The van der Waals surface area contributed by atoms with Crippen molar-refractivity contribution in [2.75, 3.05) is 25.5 Å². The minimum absolute atomic E-state index is 0.0203. The van der Waals surface area contributed by atoms with Crippen molar-refractivity contribution in [1.29, 1.82) is 0 Å². The van der Waals surface area contributed by atoms with E-state index in [0.717, 1.165) is 29.9 Å². The second-order valence-electron chi connectivity index (χ2n) is 10.7. The molecule has 2 amide bonds. The predicted molar refractivity (Wildman–Crippen MR) is 155 cm³/mol. The number of fused-ring (bicyclic) bond motifs is 4. The average Bonchev–Trinajstić information content (AvgIpc) is 3.79. The maximum Gasteiger partial charge on any atom is 0.329 e. The van der Waals surface area contributed by atoms with Crippen molar-refractivity contribution in [1.82, 2.24) is 32.8 Å². The van der Waals surface area contributed by atoms with E-state index in [9.17, 15) is 18.3 Å². The highest BCUT2D eigenvalue weighted by Crippen LogP contribution is 2.46. The molecule has 7 rings (SSSR count). The molecule has 0 bridgehead atoms. The number of aliphatic hydroxyl groups excluding tert-OH is 1. The number of hydrogen-bond acceptors (Lipinski definition) is 10. The summed E-state index contributed by atoms with van der Waals surface area (Å²) in [5, 5.41) is 14.6. The Balaban J connectivity index is 1.19. The molecule has 1 saturated carbocycles. The Hall–Kier alpha value is -4.08. The molecule has 1 aliphatic carbocycles. The van der Waals surface area contributed by atoms with Crippen LogP contribution in [0, 0.1) is 11.8 Å². The van der Waals surface area contributed by atoms with Gasteiger partial charge in [-0.05, 0) is 49.8 Å². The molecule has 1 aliphatic heterocycles. The van der Waals surface area contributed by atoms with Crippen molar-refractivity contribution in [3.63, 3.8) is 0 Å². The first-order valence-corrected chi connectivity index (χ1v) is 15.8. The number of rotatable bonds is 6. The minimum Gasteiger partial charge on any atom is -0.466 e. The number of ether oxygens (including phenoxy) is 1. The van der Waals surface area contributed by atoms with Crippen LogP contribution in [0.1, 0.15) is 37.7 Å². The van der Waals surface area contributed by atoms with E-state index in [-0.39, 0.29) is 34.8 Å². The van der Waals surface area contributed by atoms with E-state index in [0.29, 0.717) is 40.6 Å². The van der Waals surface area contributed by atoms with Crippen LogP contribution in [0.25, 0.3) is 22.1 Å². The largest absolute Gasteiger partial charge is 0.466 e. The molecule has 1 saturated heterocycles. The lowest BCUT2D eigenvalue weighted by molar-refractivity contribution is 0.180. The van der Waals surface area contributed by atoms with Crippen molar-refractivity contribution in [2.45, 2.75) is 36.8 Å². The number of pyridine rings is 1. The molecule has 2 fully saturated rings. The molecule has 2 N–H and O–H groups in total. The molecular formula is C27H28N8O5S2. The van der Waals surface area contributed by atoms with E-state index in [1.165, 1.54) is 17.3 Å². The average molecular weight is 609 g/mol. The molecule has 5 aromatic rings. The summed E-state index contributed by atoms with van der Waals surface area (Å²) in [6.07, 6.45) is 3.83. The predicted octanol–water partition coefficient (Wildman–Crippen LogP) is 3.65. The SMILES string of the molecule is COc1nsc(NC(=O)N2CC3C[C@H](n4c([C@@H](C)O)nc5cnc6c(ccn6S(=O)(=O)c6ccccc6)c54)C[C@H]3C2)n1. The van der Waals surface area contributed by atoms with Crippen molar-refractivity contribution in [2.24, 2.45) is 11.8 Å². The summed E-state index contributed by atoms with van der Waals surface area (Å²) < 4.78 is 39.2. The Labute approximate surface area is 245 Å². The Morgan fingerprint density at radius 2 is 1.88 bits per heavy atom. The summed E-state index contributed by atoms with van der Waals surface area (Å²) in [6, 6.07) is 10.0. The highest BCUT2D eigenvalue weighted by atomic mass is 32.2. The van der Waals surface area contributed by atoms with Crippen LogP contribution in [0.15, 0.2) is 53.7 Å². The number of urea groups is 1. The molecular weight excluding hydrogens is 580 g/mol. The number of methoxy groups -OCH3 is 1. The molecule has 1 aromatic carbocycles. The number of imidazole rings is 1. The summed E-state index contributed by atoms with van der Waals surface area (Å²) >= 11 is 1.07. The maximum absolute atomic E-state index is 13.5. The van der Waals surface area contributed by atoms with E-state index < -0.39 is 16.1 Å². The molecule has 2 aliphatic rings. The maximum atomic E-state index is 13.5. The quantitative estimate of drug-likeness (QED) is 0.294. The van der Waals surface area contributed by atoms with Crippen molar-refractivity contribution in [3.8, 4) is 6.01 Å². The van der Waals surface area contributed by atoms with Gasteiger partial charge in [0.15, 0.2) is 5.65 Å². The van der Waals surface area contributed by atoms with Gasteiger partial charge in [0.05, 0.1) is 23.7 Å². The van der Waals surface area contributed by atoms with Gasteiger partial charge < -0.3 is 19.3 Å².